The lowest BCUT2D eigenvalue weighted by molar-refractivity contribution is 0.642. The van der Waals surface area contributed by atoms with Gasteiger partial charge in [0.15, 0.2) is 0 Å². The van der Waals surface area contributed by atoms with E-state index in [1.165, 1.54) is 11.1 Å². The minimum absolute atomic E-state index is 0.251. The van der Waals surface area contributed by atoms with Crippen LogP contribution in [0.2, 0.25) is 0 Å². The van der Waals surface area contributed by atoms with E-state index in [1.807, 2.05) is 19.1 Å². The Morgan fingerprint density at radius 3 is 2.21 bits per heavy atom. The van der Waals surface area contributed by atoms with Gasteiger partial charge < -0.3 is 5.73 Å². The quantitative estimate of drug-likeness (QED) is 0.233. The highest BCUT2D eigenvalue weighted by Gasteiger charge is 2.17. The predicted octanol–water partition coefficient (Wildman–Crippen LogP) is 6.20. The molecule has 0 spiro atoms. The van der Waals surface area contributed by atoms with Crippen LogP contribution in [0.1, 0.15) is 54.9 Å². The molecule has 0 aliphatic carbocycles. The van der Waals surface area contributed by atoms with Gasteiger partial charge in [-0.15, -0.1) is 0 Å². The maximum absolute atomic E-state index is 6.25. The number of nitrogens with two attached hydrogens (primary N) is 1. The molecule has 0 radical (unpaired) electrons. The molecule has 0 bridgehead atoms. The summed E-state index contributed by atoms with van der Waals surface area (Å²) >= 11 is 0. The fraction of sp³-hybridized carbons (Fsp3) is 0.500. The number of allylic oxidation sites excluding steroid dienone is 6. The number of nitrogens with zero attached hydrogens (tertiary/aromatic N) is 1. The SMILES string of the molecule is C=C\C=C/C(=C\C)C(/N=C(/N)C(C)CC)=C(/C)C(C)C(=C)C(C)C. The highest BCUT2D eigenvalue weighted by Crippen LogP contribution is 2.30. The van der Waals surface area contributed by atoms with Crippen LogP contribution in [0.3, 0.4) is 0 Å². The van der Waals surface area contributed by atoms with E-state index in [1.54, 1.807) is 6.08 Å². The Bertz CT molecular complexity index is 557. The van der Waals surface area contributed by atoms with Crippen LogP contribution in [-0.2, 0) is 0 Å². The molecular weight excluding hydrogens is 292 g/mol. The van der Waals surface area contributed by atoms with E-state index in [0.29, 0.717) is 11.8 Å². The molecule has 2 heteroatoms. The average molecular weight is 329 g/mol. The average Bonchev–Trinajstić information content (AvgIpc) is 2.57. The third-order valence-corrected chi connectivity index (χ3v) is 4.68. The molecule has 0 heterocycles. The number of aliphatic imine (C=N–C) groups is 1. The lowest BCUT2D eigenvalue weighted by Crippen LogP contribution is -2.21. The Balaban J connectivity index is 6.21. The Kier molecular flexibility index (Phi) is 10.0. The minimum atomic E-state index is 0.251. The molecule has 2 N–H and O–H groups in total. The van der Waals surface area contributed by atoms with E-state index >= 15 is 0 Å². The van der Waals surface area contributed by atoms with Crippen LogP contribution >= 0.6 is 0 Å². The van der Waals surface area contributed by atoms with Crippen molar-refractivity contribution >= 4 is 5.84 Å². The van der Waals surface area contributed by atoms with Crippen molar-refractivity contribution in [1.29, 1.82) is 0 Å². The minimum Gasteiger partial charge on any atom is -0.387 e. The topological polar surface area (TPSA) is 38.4 Å². The normalized spacial score (nSPS) is 17.0. The fourth-order valence-corrected chi connectivity index (χ4v) is 2.30. The summed E-state index contributed by atoms with van der Waals surface area (Å²) in [5, 5.41) is 0. The molecule has 2 nitrogen and oxygen atoms in total. The van der Waals surface area contributed by atoms with Gasteiger partial charge in [-0.25, -0.2) is 4.99 Å². The van der Waals surface area contributed by atoms with Gasteiger partial charge in [0.25, 0.3) is 0 Å². The van der Waals surface area contributed by atoms with Crippen molar-refractivity contribution < 1.29 is 0 Å². The van der Waals surface area contributed by atoms with Crippen LogP contribution in [0.5, 0.6) is 0 Å². The molecule has 0 rings (SSSR count). The molecule has 0 saturated carbocycles. The smallest absolute Gasteiger partial charge is 0.102 e. The largest absolute Gasteiger partial charge is 0.387 e. The van der Waals surface area contributed by atoms with Gasteiger partial charge in [-0.2, -0.15) is 0 Å². The Labute approximate surface area is 149 Å². The van der Waals surface area contributed by atoms with E-state index in [9.17, 15) is 0 Å². The van der Waals surface area contributed by atoms with E-state index in [-0.39, 0.29) is 11.8 Å². The second-order valence-corrected chi connectivity index (χ2v) is 6.67. The van der Waals surface area contributed by atoms with Crippen LogP contribution in [-0.4, -0.2) is 5.84 Å². The van der Waals surface area contributed by atoms with Crippen LogP contribution in [0, 0.1) is 17.8 Å². The summed E-state index contributed by atoms with van der Waals surface area (Å²) in [5.41, 5.74) is 10.7. The summed E-state index contributed by atoms with van der Waals surface area (Å²) < 4.78 is 0. The lowest BCUT2D eigenvalue weighted by Gasteiger charge is -2.22. The molecule has 0 amide bonds. The molecule has 2 atom stereocenters. The predicted molar refractivity (Wildman–Crippen MR) is 110 cm³/mol. The van der Waals surface area contributed by atoms with E-state index in [2.05, 4.69) is 60.8 Å². The summed E-state index contributed by atoms with van der Waals surface area (Å²) in [6.45, 7) is 23.0. The summed E-state index contributed by atoms with van der Waals surface area (Å²) in [6, 6.07) is 0. The van der Waals surface area contributed by atoms with Crippen LogP contribution in [0.25, 0.3) is 0 Å². The lowest BCUT2D eigenvalue weighted by atomic mass is 9.85. The molecular formula is C22H36N2. The van der Waals surface area contributed by atoms with Gasteiger partial charge in [0.05, 0.1) is 5.70 Å². The molecule has 134 valence electrons. The second-order valence-electron chi connectivity index (χ2n) is 6.67. The van der Waals surface area contributed by atoms with Crippen molar-refractivity contribution in [2.45, 2.75) is 54.9 Å². The van der Waals surface area contributed by atoms with E-state index in [4.69, 9.17) is 10.7 Å². The molecule has 0 aliphatic heterocycles. The fourth-order valence-electron chi connectivity index (χ4n) is 2.30. The highest BCUT2D eigenvalue weighted by atomic mass is 14.9. The summed E-state index contributed by atoms with van der Waals surface area (Å²) in [5.74, 6) is 1.63. The second kappa shape index (κ2) is 10.9. The van der Waals surface area contributed by atoms with Crippen molar-refractivity contribution in [3.05, 3.63) is 59.9 Å². The number of rotatable bonds is 9. The molecule has 24 heavy (non-hydrogen) atoms. The maximum Gasteiger partial charge on any atom is 0.102 e. The first-order valence-corrected chi connectivity index (χ1v) is 8.90. The van der Waals surface area contributed by atoms with Crippen LogP contribution in [0.15, 0.2) is 64.9 Å². The first kappa shape index (κ1) is 22.2. The third-order valence-electron chi connectivity index (χ3n) is 4.68. The first-order chi connectivity index (χ1) is 11.2. The summed E-state index contributed by atoms with van der Waals surface area (Å²) in [6.07, 6.45) is 8.78. The number of hydrogen-bond acceptors (Lipinski definition) is 1. The van der Waals surface area contributed by atoms with Gasteiger partial charge in [-0.1, -0.05) is 77.7 Å². The van der Waals surface area contributed by atoms with Gasteiger partial charge >= 0.3 is 0 Å². The molecule has 0 aromatic rings. The number of hydrogen-bond donors (Lipinski definition) is 1. The molecule has 2 unspecified atom stereocenters. The molecule has 0 aliphatic rings. The summed E-state index contributed by atoms with van der Waals surface area (Å²) in [7, 11) is 0. The summed E-state index contributed by atoms with van der Waals surface area (Å²) in [4.78, 5) is 4.81. The molecule has 0 aromatic carbocycles. The van der Waals surface area contributed by atoms with Gasteiger partial charge in [0.1, 0.15) is 5.84 Å². The zero-order valence-electron chi connectivity index (χ0n) is 16.7. The third kappa shape index (κ3) is 6.35. The van der Waals surface area contributed by atoms with E-state index in [0.717, 1.165) is 17.7 Å². The van der Waals surface area contributed by atoms with Crippen molar-refractivity contribution in [1.82, 2.24) is 0 Å². The Morgan fingerprint density at radius 2 is 1.79 bits per heavy atom. The van der Waals surface area contributed by atoms with Gasteiger partial charge in [-0.3, -0.25) is 0 Å². The Hall–Kier alpha value is -1.83. The molecule has 0 aromatic heterocycles. The van der Waals surface area contributed by atoms with Crippen molar-refractivity contribution in [2.24, 2.45) is 28.5 Å². The highest BCUT2D eigenvalue weighted by molar-refractivity contribution is 5.84. The molecule has 0 fully saturated rings. The Morgan fingerprint density at radius 1 is 1.21 bits per heavy atom. The molecule has 0 saturated heterocycles. The van der Waals surface area contributed by atoms with Crippen molar-refractivity contribution in [2.75, 3.05) is 0 Å². The van der Waals surface area contributed by atoms with Crippen molar-refractivity contribution in [3.8, 4) is 0 Å². The monoisotopic (exact) mass is 328 g/mol. The maximum atomic E-state index is 6.25. The van der Waals surface area contributed by atoms with Gasteiger partial charge in [0.2, 0.25) is 0 Å². The van der Waals surface area contributed by atoms with Crippen molar-refractivity contribution in [3.63, 3.8) is 0 Å². The zero-order chi connectivity index (χ0) is 18.9. The zero-order valence-corrected chi connectivity index (χ0v) is 16.7. The van der Waals surface area contributed by atoms with Crippen LogP contribution in [0.4, 0.5) is 0 Å². The van der Waals surface area contributed by atoms with E-state index < -0.39 is 0 Å². The first-order valence-electron chi connectivity index (χ1n) is 8.90. The number of amidine groups is 1. The van der Waals surface area contributed by atoms with Gasteiger partial charge in [0, 0.05) is 11.8 Å². The van der Waals surface area contributed by atoms with Gasteiger partial charge in [-0.05, 0) is 37.3 Å². The standard InChI is InChI=1S/C22H36N2/c1-10-13-14-20(12-3)21(24-22(23)16(6)11-2)19(9)18(8)17(7)15(4)5/h10,12-16,18H,1,7,11H2,2-6,8-9H3,(H2,23,24)/b14-13-,20-12+,21-19+. The van der Waals surface area contributed by atoms with Crippen LogP contribution < -0.4 is 5.73 Å².